The molecule has 0 aromatic rings. The molecule has 0 aromatic heterocycles. The fourth-order valence-electron chi connectivity index (χ4n) is 5.55. The van der Waals surface area contributed by atoms with Gasteiger partial charge in [0.15, 0.2) is 0 Å². The summed E-state index contributed by atoms with van der Waals surface area (Å²) in [6.45, 7) is 16.4. The third-order valence-electron chi connectivity index (χ3n) is 7.76. The maximum atomic E-state index is 13.2. The van der Waals surface area contributed by atoms with Crippen LogP contribution in [0.25, 0.3) is 0 Å². The molecule has 0 amide bonds. The summed E-state index contributed by atoms with van der Waals surface area (Å²) >= 11 is 0. The van der Waals surface area contributed by atoms with Gasteiger partial charge in [0, 0.05) is 30.3 Å². The number of rotatable bonds is 13. The van der Waals surface area contributed by atoms with E-state index in [0.717, 1.165) is 31.1 Å². The van der Waals surface area contributed by atoms with Crippen LogP contribution in [0.1, 0.15) is 81.1 Å². The van der Waals surface area contributed by atoms with E-state index in [0.29, 0.717) is 12.3 Å². The van der Waals surface area contributed by atoms with Crippen molar-refractivity contribution in [2.24, 2.45) is 29.6 Å². The van der Waals surface area contributed by atoms with Crippen molar-refractivity contribution in [2.75, 3.05) is 0 Å². The number of carbonyl (C=O) groups excluding carboxylic acids is 3. The Bertz CT molecular complexity index is 983. The number of cyclic esters (lactones) is 1. The summed E-state index contributed by atoms with van der Waals surface area (Å²) in [4.78, 5) is 35.7. The minimum Gasteiger partial charge on any atom is -0.454 e. The first-order chi connectivity index (χ1) is 17.9. The van der Waals surface area contributed by atoms with Gasteiger partial charge in [-0.05, 0) is 51.0 Å². The molecule has 2 heterocycles. The molecule has 0 aromatic carbocycles. The summed E-state index contributed by atoms with van der Waals surface area (Å²) in [6.07, 6.45) is 19.5. The van der Waals surface area contributed by atoms with E-state index in [-0.39, 0.29) is 47.6 Å². The van der Waals surface area contributed by atoms with Crippen molar-refractivity contribution in [1.82, 2.24) is 0 Å². The molecule has 210 valence electrons. The second-order valence-electron chi connectivity index (χ2n) is 11.7. The Labute approximate surface area is 230 Å². The first kappa shape index (κ1) is 31.7. The summed E-state index contributed by atoms with van der Waals surface area (Å²) in [5.74, 6) is 0.232. The molecular weight excluding hydrogens is 476 g/mol. The van der Waals surface area contributed by atoms with E-state index >= 15 is 0 Å². The first-order valence-electron chi connectivity index (χ1n) is 14.2. The summed E-state index contributed by atoms with van der Waals surface area (Å²) in [7, 11) is 0. The zero-order chi connectivity index (χ0) is 28.5. The molecule has 0 bridgehead atoms. The summed E-state index contributed by atoms with van der Waals surface area (Å²) in [6, 6.07) is 0. The van der Waals surface area contributed by atoms with E-state index in [9.17, 15) is 14.4 Å². The molecule has 0 saturated carbocycles. The molecule has 1 saturated heterocycles. The van der Waals surface area contributed by atoms with Crippen LogP contribution in [0, 0.1) is 29.6 Å². The van der Waals surface area contributed by atoms with Crippen LogP contribution in [0.4, 0.5) is 0 Å². The second kappa shape index (κ2) is 14.6. The molecule has 5 nitrogen and oxygen atoms in total. The minimum absolute atomic E-state index is 0.154. The van der Waals surface area contributed by atoms with E-state index in [2.05, 4.69) is 45.1 Å². The topological polar surface area (TPSA) is 69.7 Å². The number of ether oxygens (including phenoxy) is 2. The van der Waals surface area contributed by atoms with Crippen LogP contribution < -0.4 is 0 Å². The lowest BCUT2D eigenvalue weighted by Crippen LogP contribution is -2.34. The zero-order valence-corrected chi connectivity index (χ0v) is 24.6. The number of allylic oxidation sites excluding steroid dienone is 7. The lowest BCUT2D eigenvalue weighted by Gasteiger charge is -2.26. The zero-order valence-electron chi connectivity index (χ0n) is 24.6. The Kier molecular flexibility index (Phi) is 12.2. The predicted octanol–water partition coefficient (Wildman–Crippen LogP) is 7.14. The number of hydrogen-bond donors (Lipinski definition) is 0. The van der Waals surface area contributed by atoms with Crippen LogP contribution in [0.2, 0.25) is 0 Å². The monoisotopic (exact) mass is 524 g/mol. The van der Waals surface area contributed by atoms with Crippen molar-refractivity contribution >= 4 is 18.0 Å². The summed E-state index contributed by atoms with van der Waals surface area (Å²) < 4.78 is 11.6. The van der Waals surface area contributed by atoms with Gasteiger partial charge in [0.25, 0.3) is 0 Å². The summed E-state index contributed by atoms with van der Waals surface area (Å²) in [5, 5.41) is 0. The lowest BCUT2D eigenvalue weighted by molar-refractivity contribution is -0.143. The highest BCUT2D eigenvalue weighted by molar-refractivity contribution is 5.85. The van der Waals surface area contributed by atoms with Crippen LogP contribution in [-0.4, -0.2) is 35.8 Å². The van der Waals surface area contributed by atoms with Gasteiger partial charge in [0.05, 0.1) is 11.7 Å². The van der Waals surface area contributed by atoms with E-state index in [1.165, 1.54) is 11.6 Å². The van der Waals surface area contributed by atoms with Crippen molar-refractivity contribution in [2.45, 2.75) is 98.9 Å². The van der Waals surface area contributed by atoms with Crippen molar-refractivity contribution in [3.8, 4) is 0 Å². The largest absolute Gasteiger partial charge is 0.454 e. The predicted molar refractivity (Wildman–Crippen MR) is 153 cm³/mol. The fraction of sp³-hybridized carbons (Fsp3) is 0.606. The van der Waals surface area contributed by atoms with E-state index < -0.39 is 5.60 Å². The molecular formula is C33H48O5. The molecule has 0 N–H and O–H groups in total. The highest BCUT2D eigenvalue weighted by Crippen LogP contribution is 2.40. The van der Waals surface area contributed by atoms with Crippen molar-refractivity contribution in [3.05, 3.63) is 59.8 Å². The van der Waals surface area contributed by atoms with Gasteiger partial charge in [-0.25, -0.2) is 4.79 Å². The third kappa shape index (κ3) is 9.34. The highest BCUT2D eigenvalue weighted by Gasteiger charge is 2.45. The molecule has 38 heavy (non-hydrogen) atoms. The molecule has 0 spiro atoms. The van der Waals surface area contributed by atoms with Crippen molar-refractivity contribution < 1.29 is 23.9 Å². The SMILES string of the molecule is CCC(=C/[C@H](C)C/C=C/C(C)=C/[C@@H](C)C(=O)[C@@H](C)[C@@H]1OC(C)(CC=O)C[C@@H]1C)/C=C/[C@@H]1OC(=O)C=C[C@@H]1C. The standard InChI is InChI=1S/C33H48O5/c1-9-28(14-15-29-24(4)13-16-30(35)37-29)20-23(3)12-10-11-22(2)19-25(5)31(36)27(7)32-26(6)21-33(8,38-32)17-18-34/h10-11,13-16,18-20,23-27,29,32H,9,12,17,21H2,1-8H3/b11-10+,15-14+,22-19+,28-20-/t23-,24+,25-,26+,27-,29+,32-,33?/m1/s1. The average Bonchev–Trinajstić information content (AvgIpc) is 3.16. The molecule has 2 rings (SSSR count). The number of ketones is 1. The smallest absolute Gasteiger partial charge is 0.331 e. The van der Waals surface area contributed by atoms with Crippen LogP contribution in [0.5, 0.6) is 0 Å². The maximum Gasteiger partial charge on any atom is 0.331 e. The lowest BCUT2D eigenvalue weighted by atomic mass is 9.83. The van der Waals surface area contributed by atoms with Gasteiger partial charge in [-0.15, -0.1) is 0 Å². The molecule has 8 atom stereocenters. The van der Waals surface area contributed by atoms with Crippen LogP contribution in [0.15, 0.2) is 59.8 Å². The molecule has 1 fully saturated rings. The molecule has 2 aliphatic heterocycles. The van der Waals surface area contributed by atoms with Crippen LogP contribution >= 0.6 is 0 Å². The fourth-order valence-corrected chi connectivity index (χ4v) is 5.55. The van der Waals surface area contributed by atoms with Crippen molar-refractivity contribution in [1.29, 1.82) is 0 Å². The molecule has 0 radical (unpaired) electrons. The molecule has 0 aliphatic carbocycles. The molecule has 2 aliphatic rings. The van der Waals surface area contributed by atoms with Gasteiger partial charge in [-0.3, -0.25) is 4.79 Å². The molecule has 5 heteroatoms. The number of esters is 1. The second-order valence-corrected chi connectivity index (χ2v) is 11.7. The van der Waals surface area contributed by atoms with Gasteiger partial charge in [-0.1, -0.05) is 89.1 Å². The Morgan fingerprint density at radius 3 is 2.55 bits per heavy atom. The minimum atomic E-state index is -0.463. The van der Waals surface area contributed by atoms with Gasteiger partial charge < -0.3 is 14.3 Å². The third-order valence-corrected chi connectivity index (χ3v) is 7.76. The first-order valence-corrected chi connectivity index (χ1v) is 14.2. The van der Waals surface area contributed by atoms with Gasteiger partial charge in [-0.2, -0.15) is 0 Å². The number of carbonyl (C=O) groups is 3. The molecule has 1 unspecified atom stereocenters. The average molecular weight is 525 g/mol. The normalized spacial score (nSPS) is 31.0. The number of hydrogen-bond acceptors (Lipinski definition) is 5. The Balaban J connectivity index is 1.91. The van der Waals surface area contributed by atoms with Crippen LogP contribution in [0.3, 0.4) is 0 Å². The maximum absolute atomic E-state index is 13.2. The summed E-state index contributed by atoms with van der Waals surface area (Å²) in [5.41, 5.74) is 1.82. The van der Waals surface area contributed by atoms with Crippen molar-refractivity contribution in [3.63, 3.8) is 0 Å². The van der Waals surface area contributed by atoms with E-state index in [4.69, 9.17) is 9.47 Å². The van der Waals surface area contributed by atoms with E-state index in [1.807, 2.05) is 52.8 Å². The number of aldehydes is 1. The van der Waals surface area contributed by atoms with E-state index in [1.54, 1.807) is 0 Å². The quantitative estimate of drug-likeness (QED) is 0.145. The Hall–Kier alpha value is -2.53. The Morgan fingerprint density at radius 2 is 1.89 bits per heavy atom. The van der Waals surface area contributed by atoms with Gasteiger partial charge >= 0.3 is 5.97 Å². The van der Waals surface area contributed by atoms with Gasteiger partial charge in [0.2, 0.25) is 0 Å². The van der Waals surface area contributed by atoms with Crippen LogP contribution in [-0.2, 0) is 23.9 Å². The highest BCUT2D eigenvalue weighted by atomic mass is 16.5. The Morgan fingerprint density at radius 1 is 1.18 bits per heavy atom. The van der Waals surface area contributed by atoms with Gasteiger partial charge in [0.1, 0.15) is 18.2 Å². The number of Topliss-reactive ketones (excluding diaryl/α,β-unsaturated/α-hetero) is 1.